The van der Waals surface area contributed by atoms with Gasteiger partial charge in [-0.1, -0.05) is 29.8 Å². The van der Waals surface area contributed by atoms with Crippen LogP contribution in [0.2, 0.25) is 5.02 Å². The number of phenolic OH excluding ortho intramolecular Hbond substituents is 1. The third-order valence-corrected chi connectivity index (χ3v) is 4.96. The predicted octanol–water partition coefficient (Wildman–Crippen LogP) is 3.04. The van der Waals surface area contributed by atoms with Crippen LogP contribution in [0.15, 0.2) is 36.4 Å². The molecule has 3 rings (SSSR count). The van der Waals surface area contributed by atoms with E-state index in [0.717, 1.165) is 18.4 Å². The summed E-state index contributed by atoms with van der Waals surface area (Å²) in [5, 5.41) is 10.5. The molecule has 1 heterocycles. The van der Waals surface area contributed by atoms with Gasteiger partial charge in [0.05, 0.1) is 18.8 Å². The molecule has 0 spiro atoms. The van der Waals surface area contributed by atoms with E-state index in [4.69, 9.17) is 22.1 Å². The average Bonchev–Trinajstić information content (AvgIpc) is 2.69. The Kier molecular flexibility index (Phi) is 6.06. The number of amides is 1. The molecule has 0 saturated carbocycles. The van der Waals surface area contributed by atoms with Crippen LogP contribution in [-0.2, 0) is 22.4 Å². The van der Waals surface area contributed by atoms with E-state index >= 15 is 0 Å². The Bertz CT molecular complexity index is 902. The quantitative estimate of drug-likeness (QED) is 0.599. The average molecular weight is 405 g/mol. The summed E-state index contributed by atoms with van der Waals surface area (Å²) in [4.78, 5) is 25.7. The number of phenols is 1. The highest BCUT2D eigenvalue weighted by Gasteiger charge is 2.29. The zero-order valence-electron chi connectivity index (χ0n) is 15.4. The molecule has 2 aromatic rings. The maximum absolute atomic E-state index is 12.9. The third-order valence-electron chi connectivity index (χ3n) is 4.61. The van der Waals surface area contributed by atoms with Gasteiger partial charge in [0, 0.05) is 11.6 Å². The Hall–Kier alpha value is -2.77. The first kappa shape index (κ1) is 20.0. The highest BCUT2D eigenvalue weighted by Crippen LogP contribution is 2.36. The Balaban J connectivity index is 1.75. The van der Waals surface area contributed by atoms with Crippen molar-refractivity contribution >= 4 is 29.4 Å². The van der Waals surface area contributed by atoms with Crippen LogP contribution < -0.4 is 15.4 Å². The molecule has 28 heavy (non-hydrogen) atoms. The summed E-state index contributed by atoms with van der Waals surface area (Å²) < 4.78 is 9.35. The van der Waals surface area contributed by atoms with Gasteiger partial charge in [-0.05, 0) is 48.6 Å². The Morgan fingerprint density at radius 2 is 2.11 bits per heavy atom. The molecule has 1 amide bonds. The standard InChI is InChI=1S/C20H21ClN2O5/c1-27-20(26)28-14-8-7-13(15(21)11-14)10-16(22)19(25)23-9-3-5-12-4-2-6-17(24)18(12)23/h2,4,6-8,11,16,24H,3,5,9-10,22H2,1H3/t16-/m0/s1. The van der Waals surface area contributed by atoms with Crippen LogP contribution >= 0.6 is 11.6 Å². The number of para-hydroxylation sites is 1. The molecule has 8 heteroatoms. The van der Waals surface area contributed by atoms with Gasteiger partial charge in [-0.3, -0.25) is 4.79 Å². The first-order chi connectivity index (χ1) is 13.4. The van der Waals surface area contributed by atoms with Crippen LogP contribution in [0.1, 0.15) is 17.5 Å². The van der Waals surface area contributed by atoms with Crippen LogP contribution in [0.3, 0.4) is 0 Å². The van der Waals surface area contributed by atoms with Crippen molar-refractivity contribution in [3.63, 3.8) is 0 Å². The first-order valence-corrected chi connectivity index (χ1v) is 9.20. The maximum atomic E-state index is 12.9. The minimum Gasteiger partial charge on any atom is -0.506 e. The number of benzene rings is 2. The number of methoxy groups -OCH3 is 1. The lowest BCUT2D eigenvalue weighted by Crippen LogP contribution is -2.47. The van der Waals surface area contributed by atoms with Gasteiger partial charge >= 0.3 is 6.16 Å². The van der Waals surface area contributed by atoms with Crippen molar-refractivity contribution in [3.05, 3.63) is 52.5 Å². The predicted molar refractivity (Wildman–Crippen MR) is 105 cm³/mol. The number of hydrogen-bond donors (Lipinski definition) is 2. The number of rotatable bonds is 4. The molecule has 0 radical (unpaired) electrons. The van der Waals surface area contributed by atoms with Gasteiger partial charge in [-0.2, -0.15) is 0 Å². The number of carbonyl (C=O) groups is 2. The number of halogens is 1. The molecule has 0 unspecified atom stereocenters. The number of aromatic hydroxyl groups is 1. The summed E-state index contributed by atoms with van der Waals surface area (Å²) in [5.41, 5.74) is 8.26. The topological polar surface area (TPSA) is 102 Å². The second-order valence-corrected chi connectivity index (χ2v) is 6.91. The fourth-order valence-electron chi connectivity index (χ4n) is 3.27. The van der Waals surface area contributed by atoms with Crippen molar-refractivity contribution in [1.29, 1.82) is 0 Å². The lowest BCUT2D eigenvalue weighted by molar-refractivity contribution is -0.119. The smallest absolute Gasteiger partial charge is 0.506 e. The monoisotopic (exact) mass is 404 g/mol. The molecule has 1 atom stereocenters. The number of nitrogens with zero attached hydrogens (tertiary/aromatic N) is 1. The number of hydrogen-bond acceptors (Lipinski definition) is 6. The molecule has 0 aromatic heterocycles. The minimum atomic E-state index is -0.848. The number of carbonyl (C=O) groups excluding carboxylic acids is 2. The molecule has 1 aliphatic rings. The van der Waals surface area contributed by atoms with Gasteiger partial charge in [0.1, 0.15) is 11.5 Å². The molecule has 0 fully saturated rings. The summed E-state index contributed by atoms with van der Waals surface area (Å²) in [6, 6.07) is 9.05. The van der Waals surface area contributed by atoms with Crippen LogP contribution in [-0.4, -0.2) is 36.9 Å². The van der Waals surface area contributed by atoms with Crippen LogP contribution in [0.4, 0.5) is 10.5 Å². The van der Waals surface area contributed by atoms with Crippen LogP contribution in [0.5, 0.6) is 11.5 Å². The van der Waals surface area contributed by atoms with E-state index in [1.165, 1.54) is 13.2 Å². The molecule has 0 aliphatic carbocycles. The summed E-state index contributed by atoms with van der Waals surface area (Å²) in [6.07, 6.45) is 0.959. The largest absolute Gasteiger partial charge is 0.513 e. The summed E-state index contributed by atoms with van der Waals surface area (Å²) in [7, 11) is 1.21. The van der Waals surface area contributed by atoms with Crippen molar-refractivity contribution in [2.75, 3.05) is 18.6 Å². The number of aryl methyl sites for hydroxylation is 1. The molecule has 148 valence electrons. The van der Waals surface area contributed by atoms with E-state index in [-0.39, 0.29) is 23.8 Å². The van der Waals surface area contributed by atoms with Gasteiger partial charge in [0.25, 0.3) is 0 Å². The number of anilines is 1. The molecule has 0 bridgehead atoms. The molecule has 2 aromatic carbocycles. The van der Waals surface area contributed by atoms with Crippen molar-refractivity contribution in [3.8, 4) is 11.5 Å². The minimum absolute atomic E-state index is 0.0695. The lowest BCUT2D eigenvalue weighted by atomic mass is 9.98. The third kappa shape index (κ3) is 4.21. The van der Waals surface area contributed by atoms with Gasteiger partial charge in [0.2, 0.25) is 5.91 Å². The normalized spacial score (nSPS) is 14.2. The highest BCUT2D eigenvalue weighted by molar-refractivity contribution is 6.31. The van der Waals surface area contributed by atoms with Crippen molar-refractivity contribution in [2.24, 2.45) is 5.73 Å². The first-order valence-electron chi connectivity index (χ1n) is 8.82. The lowest BCUT2D eigenvalue weighted by Gasteiger charge is -2.32. The molecule has 0 saturated heterocycles. The second kappa shape index (κ2) is 8.50. The molecule has 3 N–H and O–H groups in total. The Morgan fingerprint density at radius 3 is 2.82 bits per heavy atom. The molecule has 7 nitrogen and oxygen atoms in total. The maximum Gasteiger partial charge on any atom is 0.513 e. The van der Waals surface area contributed by atoms with Gasteiger partial charge in [-0.15, -0.1) is 0 Å². The number of ether oxygens (including phenoxy) is 2. The number of fused-ring (bicyclic) bond motifs is 1. The zero-order chi connectivity index (χ0) is 20.3. The van der Waals surface area contributed by atoms with E-state index in [1.54, 1.807) is 29.2 Å². The van der Waals surface area contributed by atoms with E-state index in [2.05, 4.69) is 4.74 Å². The van der Waals surface area contributed by atoms with Gasteiger partial charge in [-0.25, -0.2) is 4.79 Å². The summed E-state index contributed by atoms with van der Waals surface area (Å²) >= 11 is 6.24. The zero-order valence-corrected chi connectivity index (χ0v) is 16.1. The Morgan fingerprint density at radius 1 is 1.32 bits per heavy atom. The highest BCUT2D eigenvalue weighted by atomic mass is 35.5. The van der Waals surface area contributed by atoms with E-state index in [9.17, 15) is 14.7 Å². The van der Waals surface area contributed by atoms with Crippen molar-refractivity contribution in [1.82, 2.24) is 0 Å². The van der Waals surface area contributed by atoms with E-state index in [0.29, 0.717) is 22.8 Å². The van der Waals surface area contributed by atoms with E-state index < -0.39 is 12.2 Å². The van der Waals surface area contributed by atoms with Gasteiger partial charge < -0.3 is 25.2 Å². The van der Waals surface area contributed by atoms with Crippen LogP contribution in [0, 0.1) is 0 Å². The molecular weight excluding hydrogens is 384 g/mol. The Labute approximate surface area is 167 Å². The van der Waals surface area contributed by atoms with Gasteiger partial charge in [0.15, 0.2) is 0 Å². The number of nitrogens with two attached hydrogens (primary N) is 1. The molecular formula is C20H21ClN2O5. The second-order valence-electron chi connectivity index (χ2n) is 6.50. The summed E-state index contributed by atoms with van der Waals surface area (Å²) in [6.45, 7) is 0.497. The van der Waals surface area contributed by atoms with E-state index in [1.807, 2.05) is 6.07 Å². The van der Waals surface area contributed by atoms with Crippen molar-refractivity contribution in [2.45, 2.75) is 25.3 Å². The summed E-state index contributed by atoms with van der Waals surface area (Å²) in [5.74, 6) is 0.0175. The SMILES string of the molecule is COC(=O)Oc1ccc(C[C@H](N)C(=O)N2CCCc3cccc(O)c32)c(Cl)c1. The molecule has 1 aliphatic heterocycles. The van der Waals surface area contributed by atoms with Crippen molar-refractivity contribution < 1.29 is 24.2 Å². The fraction of sp³-hybridized carbons (Fsp3) is 0.300. The fourth-order valence-corrected chi connectivity index (χ4v) is 3.52. The van der Waals surface area contributed by atoms with Crippen LogP contribution in [0.25, 0.3) is 0 Å².